The number of benzene rings is 1. The van der Waals surface area contributed by atoms with Gasteiger partial charge in [0, 0.05) is 52.6 Å². The van der Waals surface area contributed by atoms with E-state index < -0.39 is 0 Å². The number of hydrogen-bond donors (Lipinski definition) is 2. The minimum absolute atomic E-state index is 0.0850. The topological polar surface area (TPSA) is 78.1 Å². The summed E-state index contributed by atoms with van der Waals surface area (Å²) in [6.45, 7) is 2.66. The average Bonchev–Trinajstić information content (AvgIpc) is 3.17. The number of carbonyl (C=O) groups excluding carboxylic acids is 1. The summed E-state index contributed by atoms with van der Waals surface area (Å²) in [4.78, 5) is 35.0. The third-order valence-electron chi connectivity index (χ3n) is 4.88. The van der Waals surface area contributed by atoms with Crippen LogP contribution in [0.5, 0.6) is 0 Å². The van der Waals surface area contributed by atoms with E-state index in [0.717, 1.165) is 48.2 Å². The molecule has 1 aromatic carbocycles. The van der Waals surface area contributed by atoms with Crippen molar-refractivity contribution in [1.29, 1.82) is 0 Å². The van der Waals surface area contributed by atoms with Crippen LogP contribution in [0.25, 0.3) is 10.9 Å². The minimum atomic E-state index is -0.309. The SMILES string of the molecule is O=C(NC1CCN(Cc2cscn2)CC1)c1c[nH]c2ccc(Br)cc2c1=O. The largest absolute Gasteiger partial charge is 0.360 e. The fourth-order valence-electron chi connectivity index (χ4n) is 3.40. The lowest BCUT2D eigenvalue weighted by molar-refractivity contribution is 0.0907. The van der Waals surface area contributed by atoms with Crippen molar-refractivity contribution < 1.29 is 4.79 Å². The van der Waals surface area contributed by atoms with Crippen LogP contribution >= 0.6 is 27.3 Å². The second-order valence-electron chi connectivity index (χ2n) is 6.73. The molecule has 0 bridgehead atoms. The van der Waals surface area contributed by atoms with E-state index >= 15 is 0 Å². The summed E-state index contributed by atoms with van der Waals surface area (Å²) < 4.78 is 0.811. The predicted molar refractivity (Wildman–Crippen MR) is 110 cm³/mol. The molecule has 1 aliphatic rings. The van der Waals surface area contributed by atoms with Crippen LogP contribution in [-0.2, 0) is 6.54 Å². The first kappa shape index (κ1) is 18.3. The Balaban J connectivity index is 1.40. The number of hydrogen-bond acceptors (Lipinski definition) is 5. The van der Waals surface area contributed by atoms with Gasteiger partial charge in [-0.2, -0.15) is 0 Å². The van der Waals surface area contributed by atoms with Gasteiger partial charge in [-0.15, -0.1) is 11.3 Å². The summed E-state index contributed by atoms with van der Waals surface area (Å²) in [5.41, 5.74) is 3.57. The van der Waals surface area contributed by atoms with E-state index in [-0.39, 0.29) is 22.9 Å². The van der Waals surface area contributed by atoms with E-state index in [9.17, 15) is 9.59 Å². The first-order valence-electron chi connectivity index (χ1n) is 8.81. The second-order valence-corrected chi connectivity index (χ2v) is 8.36. The van der Waals surface area contributed by atoms with Gasteiger partial charge in [0.1, 0.15) is 5.56 Å². The third-order valence-corrected chi connectivity index (χ3v) is 6.01. The number of nitrogens with one attached hydrogen (secondary N) is 2. The van der Waals surface area contributed by atoms with Gasteiger partial charge in [0.2, 0.25) is 5.43 Å². The third kappa shape index (κ3) is 4.12. The Hall–Kier alpha value is -2.03. The maximum Gasteiger partial charge on any atom is 0.256 e. The number of pyridine rings is 1. The van der Waals surface area contributed by atoms with Crippen molar-refractivity contribution in [3.63, 3.8) is 0 Å². The fourth-order valence-corrected chi connectivity index (χ4v) is 4.31. The van der Waals surface area contributed by atoms with Gasteiger partial charge < -0.3 is 10.3 Å². The maximum atomic E-state index is 12.7. The number of amides is 1. The van der Waals surface area contributed by atoms with E-state index in [1.54, 1.807) is 17.4 Å². The molecule has 0 unspecified atom stereocenters. The lowest BCUT2D eigenvalue weighted by Gasteiger charge is -2.31. The summed E-state index contributed by atoms with van der Waals surface area (Å²) in [6.07, 6.45) is 3.24. The van der Waals surface area contributed by atoms with Gasteiger partial charge in [-0.05, 0) is 31.0 Å². The van der Waals surface area contributed by atoms with Crippen molar-refractivity contribution in [2.24, 2.45) is 0 Å². The quantitative estimate of drug-likeness (QED) is 0.644. The Morgan fingerprint density at radius 1 is 1.37 bits per heavy atom. The molecule has 1 amide bonds. The molecule has 1 aliphatic heterocycles. The normalized spacial score (nSPS) is 15.9. The van der Waals surface area contributed by atoms with Crippen LogP contribution in [-0.4, -0.2) is 39.9 Å². The molecule has 1 fully saturated rings. The van der Waals surface area contributed by atoms with Gasteiger partial charge in [0.15, 0.2) is 0 Å². The summed E-state index contributed by atoms with van der Waals surface area (Å²) >= 11 is 4.98. The van der Waals surface area contributed by atoms with Crippen LogP contribution < -0.4 is 10.7 Å². The molecule has 3 heterocycles. The molecule has 4 rings (SSSR count). The number of halogens is 1. The molecule has 0 atom stereocenters. The molecule has 2 aromatic heterocycles. The van der Waals surface area contributed by atoms with Gasteiger partial charge in [-0.1, -0.05) is 15.9 Å². The van der Waals surface area contributed by atoms with Gasteiger partial charge in [0.25, 0.3) is 5.91 Å². The monoisotopic (exact) mass is 446 g/mol. The zero-order valence-corrected chi connectivity index (χ0v) is 17.0. The highest BCUT2D eigenvalue weighted by molar-refractivity contribution is 9.10. The summed E-state index contributed by atoms with van der Waals surface area (Å²) in [5.74, 6) is -0.309. The molecular weight excluding hydrogens is 428 g/mol. The van der Waals surface area contributed by atoms with Crippen LogP contribution in [0.1, 0.15) is 28.9 Å². The molecular formula is C19H19BrN4O2S. The molecule has 0 aliphatic carbocycles. The number of nitrogens with zero attached hydrogens (tertiary/aromatic N) is 2. The number of piperidine rings is 1. The van der Waals surface area contributed by atoms with E-state index in [0.29, 0.717) is 5.39 Å². The van der Waals surface area contributed by atoms with Gasteiger partial charge in [-0.3, -0.25) is 14.5 Å². The van der Waals surface area contributed by atoms with Crippen molar-refractivity contribution >= 4 is 44.1 Å². The number of thiazole rings is 1. The molecule has 140 valence electrons. The fraction of sp³-hybridized carbons (Fsp3) is 0.316. The minimum Gasteiger partial charge on any atom is -0.360 e. The number of H-pyrrole nitrogens is 1. The van der Waals surface area contributed by atoms with Crippen LogP contribution in [0.2, 0.25) is 0 Å². The lowest BCUT2D eigenvalue weighted by Crippen LogP contribution is -2.45. The highest BCUT2D eigenvalue weighted by Crippen LogP contribution is 2.17. The number of fused-ring (bicyclic) bond motifs is 1. The van der Waals surface area contributed by atoms with Gasteiger partial charge in [0.05, 0.1) is 11.2 Å². The lowest BCUT2D eigenvalue weighted by atomic mass is 10.0. The molecule has 3 aromatic rings. The highest BCUT2D eigenvalue weighted by Gasteiger charge is 2.23. The zero-order valence-electron chi connectivity index (χ0n) is 14.6. The Morgan fingerprint density at radius 2 is 2.19 bits per heavy atom. The van der Waals surface area contributed by atoms with Gasteiger partial charge in [-0.25, -0.2) is 4.98 Å². The van der Waals surface area contributed by atoms with Crippen molar-refractivity contribution in [2.45, 2.75) is 25.4 Å². The van der Waals surface area contributed by atoms with Gasteiger partial charge >= 0.3 is 0 Å². The molecule has 27 heavy (non-hydrogen) atoms. The van der Waals surface area contributed by atoms with Crippen molar-refractivity contribution in [3.8, 4) is 0 Å². The first-order chi connectivity index (χ1) is 13.1. The predicted octanol–water partition coefficient (Wildman–Crippen LogP) is 3.14. The van der Waals surface area contributed by atoms with Crippen molar-refractivity contribution in [1.82, 2.24) is 20.2 Å². The Bertz CT molecular complexity index is 1010. The zero-order chi connectivity index (χ0) is 18.8. The molecule has 2 N–H and O–H groups in total. The first-order valence-corrected chi connectivity index (χ1v) is 10.5. The maximum absolute atomic E-state index is 12.7. The number of likely N-dealkylation sites (tertiary alicyclic amines) is 1. The van der Waals surface area contributed by atoms with Crippen LogP contribution in [0.3, 0.4) is 0 Å². The smallest absolute Gasteiger partial charge is 0.256 e. The number of rotatable bonds is 4. The van der Waals surface area contributed by atoms with E-state index in [2.05, 4.69) is 41.5 Å². The Morgan fingerprint density at radius 3 is 2.93 bits per heavy atom. The number of carbonyl (C=O) groups is 1. The molecule has 0 spiro atoms. The van der Waals surface area contributed by atoms with Crippen LogP contribution in [0.15, 0.2) is 44.6 Å². The van der Waals surface area contributed by atoms with Crippen molar-refractivity contribution in [3.05, 3.63) is 61.2 Å². The average molecular weight is 447 g/mol. The standard InChI is InChI=1S/C19H19BrN4O2S/c20-12-1-2-17-15(7-12)18(25)16(8-21-17)19(26)23-13-3-5-24(6-4-13)9-14-10-27-11-22-14/h1-2,7-8,10-11,13H,3-6,9H2,(H,21,25)(H,23,26). The van der Waals surface area contributed by atoms with Crippen molar-refractivity contribution in [2.75, 3.05) is 13.1 Å². The number of aromatic amines is 1. The molecule has 1 saturated heterocycles. The second kappa shape index (κ2) is 7.92. The number of aromatic nitrogens is 2. The summed E-state index contributed by atoms with van der Waals surface area (Å²) in [7, 11) is 0. The molecule has 0 radical (unpaired) electrons. The molecule has 6 nitrogen and oxygen atoms in total. The Kier molecular flexibility index (Phi) is 5.38. The highest BCUT2D eigenvalue weighted by atomic mass is 79.9. The van der Waals surface area contributed by atoms with E-state index in [1.807, 2.05) is 17.6 Å². The van der Waals surface area contributed by atoms with E-state index in [4.69, 9.17) is 0 Å². The van der Waals surface area contributed by atoms with Crippen LogP contribution in [0, 0.1) is 0 Å². The van der Waals surface area contributed by atoms with E-state index in [1.165, 1.54) is 6.20 Å². The Labute approximate surface area is 168 Å². The molecule has 0 saturated carbocycles. The van der Waals surface area contributed by atoms with Crippen LogP contribution in [0.4, 0.5) is 0 Å². The summed E-state index contributed by atoms with van der Waals surface area (Å²) in [6, 6.07) is 5.50. The summed E-state index contributed by atoms with van der Waals surface area (Å²) in [5, 5.41) is 5.60. The molecule has 8 heteroatoms.